The van der Waals surface area contributed by atoms with Gasteiger partial charge in [-0.1, -0.05) is 25.0 Å². The van der Waals surface area contributed by atoms with Crippen LogP contribution in [0, 0.1) is 23.7 Å². The van der Waals surface area contributed by atoms with Gasteiger partial charge in [0, 0.05) is 49.6 Å². The van der Waals surface area contributed by atoms with E-state index in [2.05, 4.69) is 54.5 Å². The van der Waals surface area contributed by atoms with Crippen molar-refractivity contribution in [2.45, 2.75) is 19.8 Å². The molecule has 2 atom stereocenters. The van der Waals surface area contributed by atoms with Crippen LogP contribution in [0.2, 0.25) is 0 Å². The lowest BCUT2D eigenvalue weighted by atomic mass is 10.1. The summed E-state index contributed by atoms with van der Waals surface area (Å²) in [6, 6.07) is 9.68. The van der Waals surface area contributed by atoms with Crippen LogP contribution in [0.25, 0.3) is 10.9 Å². The van der Waals surface area contributed by atoms with Crippen LogP contribution < -0.4 is 10.6 Å². The minimum atomic E-state index is -0.0211. The molecule has 0 aliphatic heterocycles. The normalized spacial score (nSPS) is 16.4. The molecule has 1 aliphatic carbocycles. The molecule has 2 N–H and O–H groups in total. The summed E-state index contributed by atoms with van der Waals surface area (Å²) in [5.41, 5.74) is 4.14. The number of carbonyl (C=O) groups is 1. The molecular weight excluding hydrogens is 426 g/mol. The third-order valence-electron chi connectivity index (χ3n) is 5.85. The van der Waals surface area contributed by atoms with Crippen molar-refractivity contribution < 1.29 is 4.79 Å². The number of carbonyl (C=O) groups excluding carboxylic acids is 1. The molecule has 0 saturated heterocycles. The molecule has 0 unspecified atom stereocenters. The Morgan fingerprint density at radius 2 is 1.94 bits per heavy atom. The standard InChI is InChI=1S/C26H23N7O/c1-16-10-21(16)26(34)31-23-12-22-19(15-30-25(27-2)24(22)33-32-23)6-8-20-7-5-18(14-29-20)11-17-4-3-9-28-13-17/h3-5,7,9,12-16,21H,10-11H2,1-2H3,(H,27,30)(H,31,32,34)/t16-,21+/m1/s1. The zero-order valence-electron chi connectivity index (χ0n) is 18.9. The van der Waals surface area contributed by atoms with Crippen LogP contribution in [-0.2, 0) is 11.2 Å². The second-order valence-electron chi connectivity index (χ2n) is 8.41. The summed E-state index contributed by atoms with van der Waals surface area (Å²) < 4.78 is 0. The molecule has 5 rings (SSSR count). The van der Waals surface area contributed by atoms with Crippen molar-refractivity contribution in [1.29, 1.82) is 0 Å². The van der Waals surface area contributed by atoms with Gasteiger partial charge in [-0.2, -0.15) is 0 Å². The molecule has 0 bridgehead atoms. The highest BCUT2D eigenvalue weighted by Crippen LogP contribution is 2.38. The van der Waals surface area contributed by atoms with E-state index in [0.717, 1.165) is 29.4 Å². The Hall–Kier alpha value is -4.38. The molecule has 1 saturated carbocycles. The van der Waals surface area contributed by atoms with Crippen molar-refractivity contribution in [1.82, 2.24) is 25.1 Å². The van der Waals surface area contributed by atoms with E-state index < -0.39 is 0 Å². The molecule has 8 nitrogen and oxygen atoms in total. The molecule has 8 heteroatoms. The van der Waals surface area contributed by atoms with Crippen molar-refractivity contribution in [3.63, 3.8) is 0 Å². The molecular formula is C26H23N7O. The molecule has 0 spiro atoms. The largest absolute Gasteiger partial charge is 0.371 e. The SMILES string of the molecule is CNc1ncc(C#Cc2ccc(Cc3cccnc3)cn2)c2cc(NC(=O)[C@H]3C[C@H]3C)nnc12. The van der Waals surface area contributed by atoms with Gasteiger partial charge in [0.25, 0.3) is 0 Å². The Labute approximate surface area is 197 Å². The third-order valence-corrected chi connectivity index (χ3v) is 5.85. The number of hydrogen-bond acceptors (Lipinski definition) is 7. The van der Waals surface area contributed by atoms with E-state index in [0.29, 0.717) is 34.3 Å². The van der Waals surface area contributed by atoms with E-state index >= 15 is 0 Å². The van der Waals surface area contributed by atoms with Crippen LogP contribution in [0.3, 0.4) is 0 Å². The maximum absolute atomic E-state index is 12.3. The van der Waals surface area contributed by atoms with Crippen LogP contribution in [0.15, 0.2) is 55.1 Å². The average Bonchev–Trinajstić information content (AvgIpc) is 3.60. The van der Waals surface area contributed by atoms with Gasteiger partial charge in [-0.15, -0.1) is 10.2 Å². The van der Waals surface area contributed by atoms with Gasteiger partial charge < -0.3 is 10.6 Å². The number of nitrogens with one attached hydrogen (secondary N) is 2. The molecule has 4 aromatic heterocycles. The number of nitrogens with zero attached hydrogens (tertiary/aromatic N) is 5. The zero-order valence-corrected chi connectivity index (χ0v) is 18.9. The van der Waals surface area contributed by atoms with E-state index in [1.165, 1.54) is 0 Å². The monoisotopic (exact) mass is 449 g/mol. The Kier molecular flexibility index (Phi) is 5.83. The van der Waals surface area contributed by atoms with Crippen molar-refractivity contribution in [2.75, 3.05) is 17.7 Å². The molecule has 34 heavy (non-hydrogen) atoms. The maximum atomic E-state index is 12.3. The highest BCUT2D eigenvalue weighted by molar-refractivity contribution is 5.97. The maximum Gasteiger partial charge on any atom is 0.228 e. The van der Waals surface area contributed by atoms with Gasteiger partial charge in [-0.05, 0) is 47.6 Å². The highest BCUT2D eigenvalue weighted by Gasteiger charge is 2.39. The van der Waals surface area contributed by atoms with Gasteiger partial charge in [0.2, 0.25) is 5.91 Å². The van der Waals surface area contributed by atoms with E-state index in [4.69, 9.17) is 0 Å². The van der Waals surface area contributed by atoms with Gasteiger partial charge in [0.15, 0.2) is 11.6 Å². The first kappa shape index (κ1) is 21.5. The van der Waals surface area contributed by atoms with Crippen LogP contribution in [0.5, 0.6) is 0 Å². The minimum absolute atomic E-state index is 0.0211. The summed E-state index contributed by atoms with van der Waals surface area (Å²) in [6.45, 7) is 2.06. The van der Waals surface area contributed by atoms with Crippen molar-refractivity contribution >= 4 is 28.4 Å². The van der Waals surface area contributed by atoms with E-state index in [-0.39, 0.29) is 11.8 Å². The van der Waals surface area contributed by atoms with Gasteiger partial charge in [-0.3, -0.25) is 9.78 Å². The number of amides is 1. The van der Waals surface area contributed by atoms with Crippen LogP contribution >= 0.6 is 0 Å². The molecule has 0 radical (unpaired) electrons. The van der Waals surface area contributed by atoms with Crippen LogP contribution in [-0.4, -0.2) is 38.1 Å². The van der Waals surface area contributed by atoms with E-state index in [1.807, 2.05) is 36.7 Å². The summed E-state index contributed by atoms with van der Waals surface area (Å²) in [6.07, 6.45) is 8.81. The lowest BCUT2D eigenvalue weighted by Gasteiger charge is -2.08. The fourth-order valence-electron chi connectivity index (χ4n) is 3.75. The lowest BCUT2D eigenvalue weighted by molar-refractivity contribution is -0.117. The van der Waals surface area contributed by atoms with E-state index in [9.17, 15) is 4.79 Å². The molecule has 4 heterocycles. The Morgan fingerprint density at radius 1 is 1.09 bits per heavy atom. The number of anilines is 2. The fraction of sp³-hybridized carbons (Fsp3) is 0.231. The van der Waals surface area contributed by atoms with Gasteiger partial charge >= 0.3 is 0 Å². The fourth-order valence-corrected chi connectivity index (χ4v) is 3.75. The third kappa shape index (κ3) is 4.69. The first-order valence-electron chi connectivity index (χ1n) is 11.1. The summed E-state index contributed by atoms with van der Waals surface area (Å²) in [4.78, 5) is 25.4. The number of aromatic nitrogens is 5. The second-order valence-corrected chi connectivity index (χ2v) is 8.41. The summed E-state index contributed by atoms with van der Waals surface area (Å²) in [5.74, 6) is 7.71. The zero-order chi connectivity index (χ0) is 23.5. The molecule has 1 aliphatic rings. The second kappa shape index (κ2) is 9.24. The summed E-state index contributed by atoms with van der Waals surface area (Å²) >= 11 is 0. The summed E-state index contributed by atoms with van der Waals surface area (Å²) in [7, 11) is 1.77. The quantitative estimate of drug-likeness (QED) is 0.450. The molecule has 1 amide bonds. The topological polar surface area (TPSA) is 106 Å². The molecule has 4 aromatic rings. The van der Waals surface area contributed by atoms with Crippen LogP contribution in [0.1, 0.15) is 35.7 Å². The number of hydrogen-bond donors (Lipinski definition) is 2. The van der Waals surface area contributed by atoms with Crippen molar-refractivity contribution in [2.24, 2.45) is 11.8 Å². The highest BCUT2D eigenvalue weighted by atomic mass is 16.2. The number of rotatable bonds is 5. The Balaban J connectivity index is 1.41. The van der Waals surface area contributed by atoms with E-state index in [1.54, 1.807) is 25.5 Å². The summed E-state index contributed by atoms with van der Waals surface area (Å²) in [5, 5.41) is 15.1. The predicted molar refractivity (Wildman–Crippen MR) is 130 cm³/mol. The van der Waals surface area contributed by atoms with Crippen molar-refractivity contribution in [3.8, 4) is 11.8 Å². The van der Waals surface area contributed by atoms with Gasteiger partial charge in [0.05, 0.1) is 5.56 Å². The van der Waals surface area contributed by atoms with Gasteiger partial charge in [-0.25, -0.2) is 9.97 Å². The van der Waals surface area contributed by atoms with Crippen LogP contribution in [0.4, 0.5) is 11.6 Å². The Bertz CT molecular complexity index is 1410. The minimum Gasteiger partial charge on any atom is -0.371 e. The van der Waals surface area contributed by atoms with Gasteiger partial charge in [0.1, 0.15) is 11.2 Å². The predicted octanol–water partition coefficient (Wildman–Crippen LogP) is 3.44. The number of fused-ring (bicyclic) bond motifs is 1. The first-order valence-corrected chi connectivity index (χ1v) is 11.1. The molecule has 0 aromatic carbocycles. The molecule has 168 valence electrons. The van der Waals surface area contributed by atoms with Crippen molar-refractivity contribution in [3.05, 3.63) is 77.5 Å². The molecule has 1 fully saturated rings. The number of pyridine rings is 3. The average molecular weight is 450 g/mol. The smallest absolute Gasteiger partial charge is 0.228 e. The first-order chi connectivity index (χ1) is 16.6. The lowest BCUT2D eigenvalue weighted by Crippen LogP contribution is -2.16. The Morgan fingerprint density at radius 3 is 2.65 bits per heavy atom.